The highest BCUT2D eigenvalue weighted by atomic mass is 15.4. The molecule has 0 fully saturated rings. The lowest BCUT2D eigenvalue weighted by atomic mass is 9.98. The van der Waals surface area contributed by atoms with E-state index in [2.05, 4.69) is 9.80 Å². The molecule has 0 amide bonds. The molecule has 2 bridgehead atoms. The molecule has 0 saturated heterocycles. The zero-order valence-electron chi connectivity index (χ0n) is 15.4. The molecule has 2 aromatic carbocycles. The highest BCUT2D eigenvalue weighted by Crippen LogP contribution is 2.38. The lowest BCUT2D eigenvalue weighted by Crippen LogP contribution is -2.46. The van der Waals surface area contributed by atoms with Crippen LogP contribution in [0.3, 0.4) is 0 Å². The van der Waals surface area contributed by atoms with Gasteiger partial charge in [-0.15, -0.1) is 0 Å². The van der Waals surface area contributed by atoms with Crippen molar-refractivity contribution in [2.75, 3.05) is 16.5 Å². The van der Waals surface area contributed by atoms with Crippen molar-refractivity contribution in [2.24, 2.45) is 0 Å². The van der Waals surface area contributed by atoms with Gasteiger partial charge in [-0.2, -0.15) is 21.0 Å². The number of allylic oxidation sites excluding steroid dienone is 2. The molecule has 2 aliphatic rings. The van der Waals surface area contributed by atoms with Gasteiger partial charge in [-0.1, -0.05) is 12.1 Å². The first-order chi connectivity index (χ1) is 14.1. The third kappa shape index (κ3) is 3.28. The lowest BCUT2D eigenvalue weighted by molar-refractivity contribution is 0.651. The number of rotatable bonds is 2. The summed E-state index contributed by atoms with van der Waals surface area (Å²) in [7, 11) is 0. The van der Waals surface area contributed by atoms with Gasteiger partial charge >= 0.3 is 0 Å². The Kier molecular flexibility index (Phi) is 4.46. The van der Waals surface area contributed by atoms with E-state index < -0.39 is 0 Å². The molecule has 29 heavy (non-hydrogen) atoms. The summed E-state index contributed by atoms with van der Waals surface area (Å²) in [5.74, 6) is 0. The second-order valence-electron chi connectivity index (χ2n) is 6.88. The summed E-state index contributed by atoms with van der Waals surface area (Å²) in [6.45, 7) is 2.24. The van der Waals surface area contributed by atoms with E-state index in [0.29, 0.717) is 0 Å². The fourth-order valence-corrected chi connectivity index (χ4v) is 3.81. The number of fused-ring (bicyclic) bond motifs is 6. The fraction of sp³-hybridized carbons (Fsp3) is 0.130. The standard InChI is InChI=1S/C23H14N6/c24-9-18(10-25)5-16-1-3-22-20(7-16)13-29-15-28(22)14-21-8-17(2-4-23(21)29)6-19(11-26)12-27/h1-8H,13-15H2. The third-order valence-electron chi connectivity index (χ3n) is 5.06. The van der Waals surface area contributed by atoms with Crippen molar-refractivity contribution in [3.05, 3.63) is 69.8 Å². The minimum Gasteiger partial charge on any atom is -0.349 e. The molecule has 0 saturated carbocycles. The number of anilines is 2. The van der Waals surface area contributed by atoms with Crippen LogP contribution in [0.5, 0.6) is 0 Å². The molecule has 2 aliphatic heterocycles. The molecule has 0 aliphatic carbocycles. The van der Waals surface area contributed by atoms with Gasteiger partial charge in [0.2, 0.25) is 0 Å². The molecule has 0 unspecified atom stereocenters. The monoisotopic (exact) mass is 374 g/mol. The van der Waals surface area contributed by atoms with Gasteiger partial charge in [0.25, 0.3) is 0 Å². The Morgan fingerprint density at radius 1 is 0.690 bits per heavy atom. The van der Waals surface area contributed by atoms with Crippen LogP contribution in [-0.4, -0.2) is 6.67 Å². The van der Waals surface area contributed by atoms with Crippen LogP contribution in [0.25, 0.3) is 12.2 Å². The van der Waals surface area contributed by atoms with Gasteiger partial charge in [-0.05, 0) is 58.7 Å². The highest BCUT2D eigenvalue weighted by molar-refractivity contribution is 5.73. The minimum absolute atomic E-state index is 0.0848. The highest BCUT2D eigenvalue weighted by Gasteiger charge is 2.29. The average Bonchev–Trinajstić information content (AvgIpc) is 2.75. The van der Waals surface area contributed by atoms with Crippen molar-refractivity contribution < 1.29 is 0 Å². The van der Waals surface area contributed by atoms with E-state index >= 15 is 0 Å². The minimum atomic E-state index is 0.0848. The van der Waals surface area contributed by atoms with E-state index in [9.17, 15) is 0 Å². The summed E-state index contributed by atoms with van der Waals surface area (Å²) >= 11 is 0. The predicted octanol–water partition coefficient (Wildman–Crippen LogP) is 3.85. The first-order valence-corrected chi connectivity index (χ1v) is 8.94. The number of nitrogens with zero attached hydrogens (tertiary/aromatic N) is 6. The Morgan fingerprint density at radius 2 is 1.10 bits per heavy atom. The second-order valence-corrected chi connectivity index (χ2v) is 6.88. The molecule has 0 atom stereocenters. The molecule has 6 nitrogen and oxygen atoms in total. The van der Waals surface area contributed by atoms with Crippen LogP contribution in [-0.2, 0) is 13.1 Å². The zero-order chi connectivity index (χ0) is 20.4. The van der Waals surface area contributed by atoms with Crippen molar-refractivity contribution in [3.8, 4) is 24.3 Å². The molecule has 6 heteroatoms. The molecule has 0 spiro atoms. The largest absolute Gasteiger partial charge is 0.349 e. The SMILES string of the molecule is N#CC(C#N)=Cc1ccc2c(c1)CN1CN2Cc2cc(C=C(C#N)C#N)ccc21. The molecule has 2 heterocycles. The van der Waals surface area contributed by atoms with Gasteiger partial charge in [0, 0.05) is 24.5 Å². The van der Waals surface area contributed by atoms with E-state index in [1.54, 1.807) is 12.2 Å². The molecule has 0 radical (unpaired) electrons. The number of benzene rings is 2. The molecular formula is C23H14N6. The van der Waals surface area contributed by atoms with E-state index in [4.69, 9.17) is 21.0 Å². The zero-order valence-corrected chi connectivity index (χ0v) is 15.4. The van der Waals surface area contributed by atoms with Crippen LogP contribution in [0.15, 0.2) is 47.5 Å². The Hall–Kier alpha value is -4.52. The molecular weight excluding hydrogens is 360 g/mol. The lowest BCUT2D eigenvalue weighted by Gasteiger charge is -2.45. The smallest absolute Gasteiger partial charge is 0.130 e. The topological polar surface area (TPSA) is 102 Å². The van der Waals surface area contributed by atoms with Crippen LogP contribution in [0.2, 0.25) is 0 Å². The summed E-state index contributed by atoms with van der Waals surface area (Å²) in [5.41, 5.74) is 6.40. The maximum absolute atomic E-state index is 8.98. The normalized spacial score (nSPS) is 12.8. The number of hydrogen-bond acceptors (Lipinski definition) is 6. The Morgan fingerprint density at radius 3 is 1.48 bits per heavy atom. The van der Waals surface area contributed by atoms with E-state index in [0.717, 1.165) is 53.4 Å². The summed E-state index contributed by atoms with van der Waals surface area (Å²) in [6, 6.07) is 19.5. The van der Waals surface area contributed by atoms with Crippen LogP contribution in [0, 0.1) is 45.3 Å². The quantitative estimate of drug-likeness (QED) is 0.740. The van der Waals surface area contributed by atoms with Gasteiger partial charge in [0.15, 0.2) is 0 Å². The fourth-order valence-electron chi connectivity index (χ4n) is 3.81. The second kappa shape index (κ2) is 7.24. The van der Waals surface area contributed by atoms with E-state index in [1.165, 1.54) is 0 Å². The third-order valence-corrected chi connectivity index (χ3v) is 5.06. The number of hydrogen-bond donors (Lipinski definition) is 0. The van der Waals surface area contributed by atoms with Gasteiger partial charge in [-0.3, -0.25) is 0 Å². The summed E-state index contributed by atoms with van der Waals surface area (Å²) in [4.78, 5) is 4.54. The van der Waals surface area contributed by atoms with Gasteiger partial charge in [-0.25, -0.2) is 0 Å². The Labute approximate surface area is 168 Å². The average molecular weight is 374 g/mol. The number of nitriles is 4. The van der Waals surface area contributed by atoms with Crippen molar-refractivity contribution >= 4 is 23.5 Å². The van der Waals surface area contributed by atoms with Gasteiger partial charge in [0.1, 0.15) is 35.4 Å². The van der Waals surface area contributed by atoms with Gasteiger partial charge < -0.3 is 9.80 Å². The summed E-state index contributed by atoms with van der Waals surface area (Å²) < 4.78 is 0. The Bertz CT molecular complexity index is 1110. The van der Waals surface area contributed by atoms with Crippen LogP contribution in [0.4, 0.5) is 11.4 Å². The van der Waals surface area contributed by atoms with Crippen molar-refractivity contribution in [2.45, 2.75) is 13.1 Å². The predicted molar refractivity (Wildman–Crippen MR) is 109 cm³/mol. The maximum Gasteiger partial charge on any atom is 0.130 e. The van der Waals surface area contributed by atoms with E-state index in [1.807, 2.05) is 60.7 Å². The van der Waals surface area contributed by atoms with Crippen LogP contribution in [0.1, 0.15) is 22.3 Å². The Balaban J connectivity index is 1.68. The first-order valence-electron chi connectivity index (χ1n) is 8.94. The molecule has 0 N–H and O–H groups in total. The van der Waals surface area contributed by atoms with Crippen LogP contribution >= 0.6 is 0 Å². The molecule has 2 aromatic rings. The molecule has 4 rings (SSSR count). The van der Waals surface area contributed by atoms with Crippen molar-refractivity contribution in [1.82, 2.24) is 0 Å². The molecule has 136 valence electrons. The van der Waals surface area contributed by atoms with Crippen molar-refractivity contribution in [1.29, 1.82) is 21.0 Å². The van der Waals surface area contributed by atoms with Gasteiger partial charge in [0.05, 0.1) is 6.67 Å². The molecule has 0 aromatic heterocycles. The first kappa shape index (κ1) is 17.9. The maximum atomic E-state index is 8.98. The van der Waals surface area contributed by atoms with Crippen LogP contribution < -0.4 is 9.80 Å². The van der Waals surface area contributed by atoms with E-state index in [-0.39, 0.29) is 11.1 Å². The summed E-state index contributed by atoms with van der Waals surface area (Å²) in [6.07, 6.45) is 3.20. The summed E-state index contributed by atoms with van der Waals surface area (Å²) in [5, 5.41) is 35.9. The van der Waals surface area contributed by atoms with Crippen molar-refractivity contribution in [3.63, 3.8) is 0 Å².